The molecular weight excluding hydrogens is 841 g/mol. The Kier molecular flexibility index (Phi) is 52.9. The summed E-state index contributed by atoms with van der Waals surface area (Å²) in [5, 5.41) is 0. The molecule has 0 saturated heterocycles. The van der Waals surface area contributed by atoms with Gasteiger partial charge in [-0.15, -0.1) is 0 Å². The Morgan fingerprint density at radius 3 is 0.912 bits per heavy atom. The lowest BCUT2D eigenvalue weighted by molar-refractivity contribution is -0.167. The van der Waals surface area contributed by atoms with Crippen LogP contribution < -0.4 is 0 Å². The van der Waals surface area contributed by atoms with E-state index in [1.807, 2.05) is 0 Å². The second-order valence-electron chi connectivity index (χ2n) is 18.4. The van der Waals surface area contributed by atoms with E-state index in [1.165, 1.54) is 103 Å². The van der Waals surface area contributed by atoms with Gasteiger partial charge in [0, 0.05) is 19.3 Å². The minimum Gasteiger partial charge on any atom is -0.462 e. The first kappa shape index (κ1) is 64.3. The molecule has 388 valence electrons. The molecule has 0 N–H and O–H groups in total. The molecule has 6 heteroatoms. The number of ether oxygens (including phenoxy) is 3. The lowest BCUT2D eigenvalue weighted by Crippen LogP contribution is -2.30. The number of hydrogen-bond acceptors (Lipinski definition) is 6. The molecule has 1 atom stereocenters. The van der Waals surface area contributed by atoms with E-state index in [2.05, 4.69) is 118 Å². The van der Waals surface area contributed by atoms with E-state index < -0.39 is 6.10 Å². The average Bonchev–Trinajstić information content (AvgIpc) is 3.34. The largest absolute Gasteiger partial charge is 0.462 e. The predicted octanol–water partition coefficient (Wildman–Crippen LogP) is 18.9. The molecule has 0 aromatic rings. The first-order valence-electron chi connectivity index (χ1n) is 28.2. The molecule has 0 rings (SSSR count). The number of esters is 3. The molecule has 0 amide bonds. The van der Waals surface area contributed by atoms with Crippen LogP contribution in [0.1, 0.15) is 258 Å². The molecule has 0 heterocycles. The Balaban J connectivity index is 4.43. The molecule has 0 aliphatic heterocycles. The summed E-state index contributed by atoms with van der Waals surface area (Å²) < 4.78 is 16.8. The van der Waals surface area contributed by atoms with Gasteiger partial charge in [0.05, 0.1) is 0 Å². The summed E-state index contributed by atoms with van der Waals surface area (Å²) in [6.07, 6.45) is 73.9. The van der Waals surface area contributed by atoms with E-state index >= 15 is 0 Å². The predicted molar refractivity (Wildman–Crippen MR) is 293 cm³/mol. The molecular formula is C62H104O6. The van der Waals surface area contributed by atoms with Crippen molar-refractivity contribution < 1.29 is 28.6 Å². The smallest absolute Gasteiger partial charge is 0.306 e. The van der Waals surface area contributed by atoms with Crippen LogP contribution in [-0.4, -0.2) is 37.2 Å². The second-order valence-corrected chi connectivity index (χ2v) is 18.4. The summed E-state index contributed by atoms with van der Waals surface area (Å²) in [5.74, 6) is -0.925. The van der Waals surface area contributed by atoms with Gasteiger partial charge in [0.2, 0.25) is 0 Å². The lowest BCUT2D eigenvalue weighted by atomic mass is 10.0. The quantitative estimate of drug-likeness (QED) is 0.0262. The molecule has 68 heavy (non-hydrogen) atoms. The van der Waals surface area contributed by atoms with Crippen molar-refractivity contribution in [1.82, 2.24) is 0 Å². The molecule has 0 spiro atoms. The number of carbonyl (C=O) groups is 3. The van der Waals surface area contributed by atoms with Crippen molar-refractivity contribution in [2.75, 3.05) is 13.2 Å². The average molecular weight is 946 g/mol. The van der Waals surface area contributed by atoms with Gasteiger partial charge in [0.15, 0.2) is 6.10 Å². The SMILES string of the molecule is CC/C=C\C/C=C\C/C=C\C/C=C\C/C=C\CCCCCC(=O)OCC(COC(=O)CCCCCCCCCCCCCC)OC(=O)CCCCCCCCCCC/C=C\C/C=C\C/C=C\CC. The maximum Gasteiger partial charge on any atom is 0.306 e. The number of unbranched alkanes of at least 4 members (excludes halogenated alkanes) is 23. The Hall–Kier alpha value is -3.67. The van der Waals surface area contributed by atoms with E-state index in [0.717, 1.165) is 116 Å². The number of allylic oxidation sites excluding steroid dienone is 16. The van der Waals surface area contributed by atoms with Crippen LogP contribution >= 0.6 is 0 Å². The fourth-order valence-corrected chi connectivity index (χ4v) is 7.66. The fraction of sp³-hybridized carbons (Fsp3) is 0.694. The molecule has 6 nitrogen and oxygen atoms in total. The summed E-state index contributed by atoms with van der Waals surface area (Å²) in [4.78, 5) is 38.1. The van der Waals surface area contributed by atoms with Crippen LogP contribution in [0.25, 0.3) is 0 Å². The van der Waals surface area contributed by atoms with Crippen molar-refractivity contribution >= 4 is 17.9 Å². The van der Waals surface area contributed by atoms with Gasteiger partial charge >= 0.3 is 17.9 Å². The highest BCUT2D eigenvalue weighted by molar-refractivity contribution is 5.71. The summed E-state index contributed by atoms with van der Waals surface area (Å²) in [7, 11) is 0. The van der Waals surface area contributed by atoms with Crippen molar-refractivity contribution in [1.29, 1.82) is 0 Å². The van der Waals surface area contributed by atoms with Crippen LogP contribution in [0.5, 0.6) is 0 Å². The molecule has 0 radical (unpaired) electrons. The van der Waals surface area contributed by atoms with Gasteiger partial charge in [0.1, 0.15) is 13.2 Å². The van der Waals surface area contributed by atoms with Crippen molar-refractivity contribution in [3.8, 4) is 0 Å². The monoisotopic (exact) mass is 945 g/mol. The molecule has 0 aliphatic carbocycles. The van der Waals surface area contributed by atoms with Crippen molar-refractivity contribution in [2.24, 2.45) is 0 Å². The zero-order valence-electron chi connectivity index (χ0n) is 44.3. The van der Waals surface area contributed by atoms with E-state index in [-0.39, 0.29) is 31.1 Å². The highest BCUT2D eigenvalue weighted by Crippen LogP contribution is 2.15. The Morgan fingerprint density at radius 1 is 0.309 bits per heavy atom. The van der Waals surface area contributed by atoms with Gasteiger partial charge in [-0.1, -0.05) is 240 Å². The van der Waals surface area contributed by atoms with Crippen LogP contribution in [0.15, 0.2) is 97.2 Å². The standard InChI is InChI=1S/C62H104O6/c1-4-7-10-13-16-19-22-25-27-29-31-33-35-37-40-43-46-49-52-55-61(64)67-58-59(57-66-60(63)54-51-48-45-42-39-24-21-18-15-12-9-6-3)68-62(65)56-53-50-47-44-41-38-36-34-32-30-28-26-23-20-17-14-11-8-5-2/h7-8,10-11,16-17,19-20,25-28,31,33,37,40,59H,4-6,9,12-15,18,21-24,29-30,32,34-36,38-39,41-58H2,1-3H3/b10-7-,11-8-,19-16-,20-17-,27-25-,28-26-,33-31-,40-37-. The van der Waals surface area contributed by atoms with E-state index in [4.69, 9.17) is 14.2 Å². The molecule has 0 aromatic carbocycles. The zero-order valence-corrected chi connectivity index (χ0v) is 44.3. The van der Waals surface area contributed by atoms with Gasteiger partial charge < -0.3 is 14.2 Å². The molecule has 0 bridgehead atoms. The van der Waals surface area contributed by atoms with Crippen LogP contribution in [-0.2, 0) is 28.6 Å². The first-order chi connectivity index (χ1) is 33.5. The summed E-state index contributed by atoms with van der Waals surface area (Å²) >= 11 is 0. The molecule has 0 saturated carbocycles. The van der Waals surface area contributed by atoms with E-state index in [9.17, 15) is 14.4 Å². The normalized spacial score (nSPS) is 12.8. The van der Waals surface area contributed by atoms with Gasteiger partial charge in [-0.3, -0.25) is 14.4 Å². The molecule has 0 fully saturated rings. The van der Waals surface area contributed by atoms with Gasteiger partial charge in [-0.25, -0.2) is 0 Å². The van der Waals surface area contributed by atoms with Gasteiger partial charge in [-0.05, 0) is 96.3 Å². The van der Waals surface area contributed by atoms with E-state index in [1.54, 1.807) is 0 Å². The third-order valence-electron chi connectivity index (χ3n) is 11.8. The second kappa shape index (κ2) is 55.9. The fourth-order valence-electron chi connectivity index (χ4n) is 7.66. The van der Waals surface area contributed by atoms with Crippen LogP contribution in [0.2, 0.25) is 0 Å². The summed E-state index contributed by atoms with van der Waals surface area (Å²) in [6, 6.07) is 0. The van der Waals surface area contributed by atoms with Gasteiger partial charge in [0.25, 0.3) is 0 Å². The number of carbonyl (C=O) groups excluding carboxylic acids is 3. The Bertz CT molecular complexity index is 1360. The van der Waals surface area contributed by atoms with Crippen molar-refractivity contribution in [2.45, 2.75) is 264 Å². The van der Waals surface area contributed by atoms with Gasteiger partial charge in [-0.2, -0.15) is 0 Å². The summed E-state index contributed by atoms with van der Waals surface area (Å²) in [6.45, 7) is 6.39. The highest BCUT2D eigenvalue weighted by Gasteiger charge is 2.19. The molecule has 1 unspecified atom stereocenters. The highest BCUT2D eigenvalue weighted by atomic mass is 16.6. The molecule has 0 aromatic heterocycles. The van der Waals surface area contributed by atoms with Crippen molar-refractivity contribution in [3.63, 3.8) is 0 Å². The minimum absolute atomic E-state index is 0.0891. The minimum atomic E-state index is -0.794. The lowest BCUT2D eigenvalue weighted by Gasteiger charge is -2.18. The third-order valence-corrected chi connectivity index (χ3v) is 11.8. The zero-order chi connectivity index (χ0) is 49.3. The van der Waals surface area contributed by atoms with Crippen molar-refractivity contribution in [3.05, 3.63) is 97.2 Å². The maximum absolute atomic E-state index is 12.9. The molecule has 0 aliphatic rings. The topological polar surface area (TPSA) is 78.9 Å². The van der Waals surface area contributed by atoms with E-state index in [0.29, 0.717) is 19.3 Å². The van der Waals surface area contributed by atoms with Crippen LogP contribution in [0.4, 0.5) is 0 Å². The maximum atomic E-state index is 12.9. The van der Waals surface area contributed by atoms with Crippen LogP contribution in [0.3, 0.4) is 0 Å². The number of rotatable bonds is 50. The Morgan fingerprint density at radius 2 is 0.574 bits per heavy atom. The number of hydrogen-bond donors (Lipinski definition) is 0. The first-order valence-corrected chi connectivity index (χ1v) is 28.2. The van der Waals surface area contributed by atoms with Crippen LogP contribution in [0, 0.1) is 0 Å². The third kappa shape index (κ3) is 53.3. The Labute approximate surface area is 419 Å². The summed E-state index contributed by atoms with van der Waals surface area (Å²) in [5.41, 5.74) is 0.